The number of nitrogens with zero attached hydrogens (tertiary/aromatic N) is 1. The van der Waals surface area contributed by atoms with Gasteiger partial charge in [-0.05, 0) is 36.6 Å². The molecule has 0 heterocycles. The topological polar surface area (TPSA) is 60.8 Å². The Labute approximate surface area is 140 Å². The lowest BCUT2D eigenvalue weighted by Crippen LogP contribution is -2.29. The highest BCUT2D eigenvalue weighted by Crippen LogP contribution is 2.34. The van der Waals surface area contributed by atoms with Gasteiger partial charge in [-0.25, -0.2) is 0 Å². The average molecular weight is 334 g/mol. The normalized spacial score (nSPS) is 12.0. The summed E-state index contributed by atoms with van der Waals surface area (Å²) in [6.45, 7) is 2.06. The molecule has 0 aromatic heterocycles. The van der Waals surface area contributed by atoms with Gasteiger partial charge in [0, 0.05) is 13.6 Å². The lowest BCUT2D eigenvalue weighted by Gasteiger charge is -2.19. The minimum Gasteiger partial charge on any atom is -0.506 e. The summed E-state index contributed by atoms with van der Waals surface area (Å²) in [4.78, 5) is 14.0. The van der Waals surface area contributed by atoms with Crippen LogP contribution in [0.5, 0.6) is 5.75 Å². The fourth-order valence-corrected chi connectivity index (χ4v) is 2.47. The summed E-state index contributed by atoms with van der Waals surface area (Å²) in [6.07, 6.45) is -0.0205. The lowest BCUT2D eigenvalue weighted by atomic mass is 10.0. The third-order valence-corrected chi connectivity index (χ3v) is 3.92. The van der Waals surface area contributed by atoms with Crippen LogP contribution < -0.4 is 0 Å². The summed E-state index contributed by atoms with van der Waals surface area (Å²) in [5.41, 5.74) is 1.83. The highest BCUT2D eigenvalue weighted by molar-refractivity contribution is 6.33. The van der Waals surface area contributed by atoms with Crippen LogP contribution in [0.4, 0.5) is 0 Å². The third-order valence-electron chi connectivity index (χ3n) is 3.63. The highest BCUT2D eigenvalue weighted by Gasteiger charge is 2.19. The van der Waals surface area contributed by atoms with Crippen molar-refractivity contribution in [3.05, 3.63) is 53.1 Å². The molecule has 0 saturated heterocycles. The number of carbonyl (C=O) groups excluding carboxylic acids is 1. The Morgan fingerprint density at radius 2 is 1.87 bits per heavy atom. The van der Waals surface area contributed by atoms with E-state index < -0.39 is 6.10 Å². The monoisotopic (exact) mass is 333 g/mol. The van der Waals surface area contributed by atoms with Crippen molar-refractivity contribution in [1.29, 1.82) is 0 Å². The largest absolute Gasteiger partial charge is 0.506 e. The van der Waals surface area contributed by atoms with E-state index in [-0.39, 0.29) is 22.2 Å². The second kappa shape index (κ2) is 7.49. The molecule has 23 heavy (non-hydrogen) atoms. The van der Waals surface area contributed by atoms with Gasteiger partial charge in [0.05, 0.1) is 16.7 Å². The molecule has 0 aliphatic carbocycles. The Balaban J connectivity index is 2.34. The van der Waals surface area contributed by atoms with Crippen molar-refractivity contribution in [1.82, 2.24) is 4.90 Å². The quantitative estimate of drug-likeness (QED) is 0.879. The van der Waals surface area contributed by atoms with Gasteiger partial charge >= 0.3 is 0 Å². The van der Waals surface area contributed by atoms with Crippen molar-refractivity contribution >= 4 is 17.5 Å². The van der Waals surface area contributed by atoms with Gasteiger partial charge in [-0.2, -0.15) is 0 Å². The number of hydrogen-bond donors (Lipinski definition) is 2. The van der Waals surface area contributed by atoms with Gasteiger partial charge in [-0.15, -0.1) is 0 Å². The number of halogens is 1. The molecule has 2 aromatic rings. The highest BCUT2D eigenvalue weighted by atomic mass is 35.5. The molecule has 1 atom stereocenters. The third kappa shape index (κ3) is 4.24. The molecule has 0 aliphatic heterocycles. The van der Waals surface area contributed by atoms with Gasteiger partial charge in [0.25, 0.3) is 5.91 Å². The maximum atomic E-state index is 12.5. The van der Waals surface area contributed by atoms with E-state index in [1.807, 2.05) is 30.3 Å². The van der Waals surface area contributed by atoms with Crippen LogP contribution in [0.3, 0.4) is 0 Å². The molecule has 5 heteroatoms. The van der Waals surface area contributed by atoms with E-state index in [0.717, 1.165) is 11.1 Å². The number of amides is 1. The van der Waals surface area contributed by atoms with Crippen LogP contribution in [0.25, 0.3) is 11.1 Å². The first-order valence-corrected chi connectivity index (χ1v) is 7.79. The van der Waals surface area contributed by atoms with E-state index in [1.165, 1.54) is 4.90 Å². The predicted octanol–water partition coefficient (Wildman–Crippen LogP) is 3.56. The first kappa shape index (κ1) is 17.3. The molecule has 2 N–H and O–H groups in total. The minimum absolute atomic E-state index is 0.138. The second-order valence-electron chi connectivity index (χ2n) is 5.58. The fraction of sp³-hybridized carbons (Fsp3) is 0.278. The predicted molar refractivity (Wildman–Crippen MR) is 91.8 cm³/mol. The summed E-state index contributed by atoms with van der Waals surface area (Å²) in [5, 5.41) is 19.6. The van der Waals surface area contributed by atoms with E-state index in [2.05, 4.69) is 0 Å². The zero-order valence-electron chi connectivity index (χ0n) is 13.2. The number of rotatable bonds is 5. The van der Waals surface area contributed by atoms with E-state index in [1.54, 1.807) is 26.1 Å². The molecule has 2 aromatic carbocycles. The van der Waals surface area contributed by atoms with Crippen molar-refractivity contribution in [3.8, 4) is 16.9 Å². The summed E-state index contributed by atoms with van der Waals surface area (Å²) in [7, 11) is 1.63. The van der Waals surface area contributed by atoms with Crippen LogP contribution in [0, 0.1) is 0 Å². The summed E-state index contributed by atoms with van der Waals surface area (Å²) in [5.74, 6) is -0.553. The van der Waals surface area contributed by atoms with E-state index in [9.17, 15) is 15.0 Å². The van der Waals surface area contributed by atoms with Crippen molar-refractivity contribution < 1.29 is 15.0 Å². The molecule has 0 aliphatic rings. The summed E-state index contributed by atoms with van der Waals surface area (Å²) < 4.78 is 0. The number of aliphatic hydroxyl groups is 1. The molecule has 4 nitrogen and oxygen atoms in total. The van der Waals surface area contributed by atoms with Crippen LogP contribution in [-0.4, -0.2) is 40.7 Å². The molecule has 0 bridgehead atoms. The molecule has 122 valence electrons. The molecule has 2 rings (SSSR count). The van der Waals surface area contributed by atoms with Crippen LogP contribution in [0.1, 0.15) is 23.7 Å². The number of benzene rings is 2. The minimum atomic E-state index is -0.488. The Morgan fingerprint density at radius 1 is 1.22 bits per heavy atom. The van der Waals surface area contributed by atoms with E-state index >= 15 is 0 Å². The number of aliphatic hydroxyl groups excluding tert-OH is 1. The van der Waals surface area contributed by atoms with Gasteiger partial charge < -0.3 is 15.1 Å². The van der Waals surface area contributed by atoms with Gasteiger partial charge in [0.2, 0.25) is 0 Å². The number of hydrogen-bond acceptors (Lipinski definition) is 3. The molecule has 0 saturated carbocycles. The Hall–Kier alpha value is -2.04. The van der Waals surface area contributed by atoms with Crippen LogP contribution >= 0.6 is 11.6 Å². The zero-order valence-corrected chi connectivity index (χ0v) is 13.9. The number of aromatic hydroxyl groups is 1. The molecule has 0 spiro atoms. The van der Waals surface area contributed by atoms with Gasteiger partial charge in [0.15, 0.2) is 0 Å². The molecular formula is C18H20ClNO3. The first-order chi connectivity index (χ1) is 10.9. The number of phenolic OH excluding ortho intramolecular Hbond substituents is 1. The Kier molecular flexibility index (Phi) is 5.64. The van der Waals surface area contributed by atoms with E-state index in [4.69, 9.17) is 11.6 Å². The van der Waals surface area contributed by atoms with Crippen molar-refractivity contribution in [3.63, 3.8) is 0 Å². The molecule has 0 fully saturated rings. The average Bonchev–Trinajstić information content (AvgIpc) is 2.55. The fourth-order valence-electron chi connectivity index (χ4n) is 2.25. The maximum absolute atomic E-state index is 12.5. The lowest BCUT2D eigenvalue weighted by molar-refractivity contribution is 0.0766. The second-order valence-corrected chi connectivity index (χ2v) is 5.99. The van der Waals surface area contributed by atoms with Gasteiger partial charge in [0.1, 0.15) is 5.75 Å². The Morgan fingerprint density at radius 3 is 2.48 bits per heavy atom. The van der Waals surface area contributed by atoms with Crippen LogP contribution in [0.2, 0.25) is 5.02 Å². The smallest absolute Gasteiger partial charge is 0.257 e. The molecule has 1 amide bonds. The van der Waals surface area contributed by atoms with Crippen molar-refractivity contribution in [2.24, 2.45) is 0 Å². The van der Waals surface area contributed by atoms with Crippen LogP contribution in [-0.2, 0) is 0 Å². The van der Waals surface area contributed by atoms with E-state index in [0.29, 0.717) is 13.0 Å². The van der Waals surface area contributed by atoms with Crippen LogP contribution in [0.15, 0.2) is 42.5 Å². The molecular weight excluding hydrogens is 314 g/mol. The van der Waals surface area contributed by atoms with Crippen molar-refractivity contribution in [2.45, 2.75) is 19.4 Å². The molecule has 1 unspecified atom stereocenters. The summed E-state index contributed by atoms with van der Waals surface area (Å²) >= 11 is 6.08. The summed E-state index contributed by atoms with van der Waals surface area (Å²) in [6, 6.07) is 12.8. The van der Waals surface area contributed by atoms with Gasteiger partial charge in [-0.3, -0.25) is 4.79 Å². The maximum Gasteiger partial charge on any atom is 0.257 e. The standard InChI is InChI=1S/C18H20ClNO3/c1-12(21)8-9-20(2)18(23)15-10-14(11-16(19)17(15)22)13-6-4-3-5-7-13/h3-7,10-12,21-22H,8-9H2,1-2H3. The number of phenols is 1. The Bertz CT molecular complexity index is 686. The van der Waals surface area contributed by atoms with Gasteiger partial charge in [-0.1, -0.05) is 41.9 Å². The number of carbonyl (C=O) groups is 1. The SMILES string of the molecule is CC(O)CCN(C)C(=O)c1cc(-c2ccccc2)cc(Cl)c1O. The van der Waals surface area contributed by atoms with Crippen molar-refractivity contribution in [2.75, 3.05) is 13.6 Å². The zero-order chi connectivity index (χ0) is 17.0. The first-order valence-electron chi connectivity index (χ1n) is 7.41. The molecule has 0 radical (unpaired) electrons.